The zero-order chi connectivity index (χ0) is 13.1. The van der Waals surface area contributed by atoms with E-state index in [1.54, 1.807) is 0 Å². The standard InChI is InChI=1S/C10H12F4N2O/c1-17-9-5-8(6(11)4-7(9)15)16-3-2-10(12,13)14/h4-5,16H,2-3,15H2,1H3. The van der Waals surface area contributed by atoms with Crippen molar-refractivity contribution in [2.24, 2.45) is 0 Å². The van der Waals surface area contributed by atoms with Gasteiger partial charge in [0.05, 0.1) is 24.9 Å². The van der Waals surface area contributed by atoms with Gasteiger partial charge in [-0.1, -0.05) is 0 Å². The third kappa shape index (κ3) is 4.01. The summed E-state index contributed by atoms with van der Waals surface area (Å²) in [4.78, 5) is 0. The lowest BCUT2D eigenvalue weighted by Gasteiger charge is -2.12. The molecule has 7 heteroatoms. The van der Waals surface area contributed by atoms with Gasteiger partial charge in [-0.05, 0) is 0 Å². The first-order valence-electron chi connectivity index (χ1n) is 4.77. The minimum absolute atomic E-state index is 0.0692. The van der Waals surface area contributed by atoms with Crippen molar-refractivity contribution >= 4 is 11.4 Å². The molecular formula is C10H12F4N2O. The van der Waals surface area contributed by atoms with E-state index in [9.17, 15) is 17.6 Å². The Hall–Kier alpha value is -1.66. The zero-order valence-corrected chi connectivity index (χ0v) is 9.07. The molecule has 3 nitrogen and oxygen atoms in total. The van der Waals surface area contributed by atoms with Crippen molar-refractivity contribution < 1.29 is 22.3 Å². The van der Waals surface area contributed by atoms with E-state index >= 15 is 0 Å². The molecule has 0 saturated heterocycles. The Bertz CT molecular complexity index is 393. The van der Waals surface area contributed by atoms with Gasteiger partial charge in [0.2, 0.25) is 0 Å². The summed E-state index contributed by atoms with van der Waals surface area (Å²) in [6.07, 6.45) is -5.32. The second-order valence-corrected chi connectivity index (χ2v) is 3.37. The summed E-state index contributed by atoms with van der Waals surface area (Å²) < 4.78 is 53.8. The van der Waals surface area contributed by atoms with Crippen molar-refractivity contribution in [1.82, 2.24) is 0 Å². The van der Waals surface area contributed by atoms with E-state index in [4.69, 9.17) is 10.5 Å². The number of ether oxygens (including phenoxy) is 1. The maximum Gasteiger partial charge on any atom is 0.390 e. The molecule has 0 aliphatic carbocycles. The largest absolute Gasteiger partial charge is 0.495 e. The molecule has 0 heterocycles. The summed E-state index contributed by atoms with van der Waals surface area (Å²) in [6.45, 7) is -0.409. The van der Waals surface area contributed by atoms with Gasteiger partial charge in [0.15, 0.2) is 0 Å². The molecule has 0 spiro atoms. The summed E-state index contributed by atoms with van der Waals surface area (Å²) >= 11 is 0. The van der Waals surface area contributed by atoms with Crippen LogP contribution in [0.15, 0.2) is 12.1 Å². The Morgan fingerprint density at radius 2 is 2.00 bits per heavy atom. The maximum absolute atomic E-state index is 13.3. The van der Waals surface area contributed by atoms with Gasteiger partial charge in [-0.2, -0.15) is 13.2 Å². The van der Waals surface area contributed by atoms with Crippen LogP contribution in [0.1, 0.15) is 6.42 Å². The molecule has 0 aromatic heterocycles. The number of rotatable bonds is 4. The molecule has 0 aliphatic heterocycles. The van der Waals surface area contributed by atoms with Gasteiger partial charge in [0.25, 0.3) is 0 Å². The smallest absolute Gasteiger partial charge is 0.390 e. The van der Waals surface area contributed by atoms with Crippen LogP contribution in [0.3, 0.4) is 0 Å². The molecule has 3 N–H and O–H groups in total. The molecule has 1 aromatic carbocycles. The van der Waals surface area contributed by atoms with Crippen molar-refractivity contribution in [2.75, 3.05) is 24.7 Å². The van der Waals surface area contributed by atoms with E-state index in [1.165, 1.54) is 13.2 Å². The molecule has 0 unspecified atom stereocenters. The average Bonchev–Trinajstić information content (AvgIpc) is 2.19. The Morgan fingerprint density at radius 1 is 1.35 bits per heavy atom. The Labute approximate surface area is 95.6 Å². The lowest BCUT2D eigenvalue weighted by Crippen LogP contribution is -2.15. The van der Waals surface area contributed by atoms with Crippen LogP contribution in [0.4, 0.5) is 28.9 Å². The highest BCUT2D eigenvalue weighted by Gasteiger charge is 2.26. The fourth-order valence-corrected chi connectivity index (χ4v) is 1.22. The number of alkyl halides is 3. The highest BCUT2D eigenvalue weighted by Crippen LogP contribution is 2.28. The predicted molar refractivity (Wildman–Crippen MR) is 56.5 cm³/mol. The molecule has 0 saturated carbocycles. The van der Waals surface area contributed by atoms with E-state index in [-0.39, 0.29) is 17.1 Å². The lowest BCUT2D eigenvalue weighted by atomic mass is 10.2. The number of nitrogens with two attached hydrogens (primary N) is 1. The third-order valence-corrected chi connectivity index (χ3v) is 2.04. The van der Waals surface area contributed by atoms with E-state index in [2.05, 4.69) is 5.32 Å². The summed E-state index contributed by atoms with van der Waals surface area (Å²) in [7, 11) is 1.34. The fraction of sp³-hybridized carbons (Fsp3) is 0.400. The number of methoxy groups -OCH3 is 1. The van der Waals surface area contributed by atoms with E-state index in [1.807, 2.05) is 0 Å². The van der Waals surface area contributed by atoms with Gasteiger partial charge < -0.3 is 15.8 Å². The minimum Gasteiger partial charge on any atom is -0.495 e. The van der Waals surface area contributed by atoms with Crippen molar-refractivity contribution in [1.29, 1.82) is 0 Å². The van der Waals surface area contributed by atoms with Crippen LogP contribution in [0.25, 0.3) is 0 Å². The number of halogens is 4. The molecule has 96 valence electrons. The molecule has 0 fully saturated rings. The normalized spacial score (nSPS) is 11.4. The first-order chi connectivity index (χ1) is 7.83. The van der Waals surface area contributed by atoms with Gasteiger partial charge in [-0.3, -0.25) is 0 Å². The number of nitrogen functional groups attached to an aromatic ring is 1. The van der Waals surface area contributed by atoms with Gasteiger partial charge in [0.1, 0.15) is 11.6 Å². The van der Waals surface area contributed by atoms with Crippen molar-refractivity contribution in [3.05, 3.63) is 17.9 Å². The highest BCUT2D eigenvalue weighted by molar-refractivity contribution is 5.62. The molecule has 1 rings (SSSR count). The summed E-state index contributed by atoms with van der Waals surface area (Å²) in [6, 6.07) is 2.22. The first kappa shape index (κ1) is 13.4. The first-order valence-corrected chi connectivity index (χ1v) is 4.77. The fourth-order valence-electron chi connectivity index (χ4n) is 1.22. The Morgan fingerprint density at radius 3 is 2.53 bits per heavy atom. The van der Waals surface area contributed by atoms with Crippen LogP contribution < -0.4 is 15.8 Å². The summed E-state index contributed by atoms with van der Waals surface area (Å²) in [5, 5.41) is 2.34. The molecule has 0 atom stereocenters. The highest BCUT2D eigenvalue weighted by atomic mass is 19.4. The van der Waals surface area contributed by atoms with Crippen LogP contribution in [-0.4, -0.2) is 19.8 Å². The average molecular weight is 252 g/mol. The predicted octanol–water partition coefficient (Wildman–Crippen LogP) is 2.78. The van der Waals surface area contributed by atoms with Gasteiger partial charge in [0, 0.05) is 18.7 Å². The topological polar surface area (TPSA) is 47.3 Å². The SMILES string of the molecule is COc1cc(NCCC(F)(F)F)c(F)cc1N. The maximum atomic E-state index is 13.3. The molecule has 1 aromatic rings. The zero-order valence-electron chi connectivity index (χ0n) is 9.07. The lowest BCUT2D eigenvalue weighted by molar-refractivity contribution is -0.131. The molecule has 0 aliphatic rings. The van der Waals surface area contributed by atoms with Crippen molar-refractivity contribution in [3.63, 3.8) is 0 Å². The van der Waals surface area contributed by atoms with Gasteiger partial charge in [-0.15, -0.1) is 0 Å². The number of nitrogens with one attached hydrogen (secondary N) is 1. The molecule has 0 bridgehead atoms. The molecule has 0 radical (unpaired) electrons. The number of benzene rings is 1. The van der Waals surface area contributed by atoms with E-state index < -0.39 is 25.0 Å². The second kappa shape index (κ2) is 5.11. The number of hydrogen-bond donors (Lipinski definition) is 2. The van der Waals surface area contributed by atoms with Crippen LogP contribution in [-0.2, 0) is 0 Å². The Balaban J connectivity index is 2.71. The second-order valence-electron chi connectivity index (χ2n) is 3.37. The third-order valence-electron chi connectivity index (χ3n) is 2.04. The number of anilines is 2. The molecular weight excluding hydrogens is 240 g/mol. The Kier molecular flexibility index (Phi) is 4.03. The van der Waals surface area contributed by atoms with E-state index in [0.29, 0.717) is 0 Å². The minimum atomic E-state index is -4.28. The van der Waals surface area contributed by atoms with Crippen molar-refractivity contribution in [3.8, 4) is 5.75 Å². The van der Waals surface area contributed by atoms with Crippen LogP contribution in [0.5, 0.6) is 5.75 Å². The summed E-state index contributed by atoms with van der Waals surface area (Å²) in [5.74, 6) is -0.508. The monoisotopic (exact) mass is 252 g/mol. The van der Waals surface area contributed by atoms with Gasteiger partial charge >= 0.3 is 6.18 Å². The van der Waals surface area contributed by atoms with Crippen LogP contribution in [0, 0.1) is 5.82 Å². The quantitative estimate of drug-likeness (QED) is 0.639. The summed E-state index contributed by atoms with van der Waals surface area (Å²) in [5.41, 5.74) is 5.45. The van der Waals surface area contributed by atoms with Crippen molar-refractivity contribution in [2.45, 2.75) is 12.6 Å². The molecule has 17 heavy (non-hydrogen) atoms. The van der Waals surface area contributed by atoms with Gasteiger partial charge in [-0.25, -0.2) is 4.39 Å². The number of hydrogen-bond acceptors (Lipinski definition) is 3. The molecule has 0 amide bonds. The van der Waals surface area contributed by atoms with E-state index in [0.717, 1.165) is 6.07 Å². The van der Waals surface area contributed by atoms with Crippen LogP contribution in [0.2, 0.25) is 0 Å². The van der Waals surface area contributed by atoms with Crippen LogP contribution >= 0.6 is 0 Å².